The number of ether oxygens (including phenoxy) is 1. The summed E-state index contributed by atoms with van der Waals surface area (Å²) in [5, 5.41) is 0. The van der Waals surface area contributed by atoms with E-state index in [0.29, 0.717) is 17.2 Å². The number of carbonyl (C=O) groups is 1. The van der Waals surface area contributed by atoms with Crippen LogP contribution in [0.3, 0.4) is 0 Å². The molecule has 2 rings (SSSR count). The predicted octanol–water partition coefficient (Wildman–Crippen LogP) is 1.61. The molecule has 0 saturated carbocycles. The summed E-state index contributed by atoms with van der Waals surface area (Å²) < 4.78 is 5.53. The van der Waals surface area contributed by atoms with Crippen molar-refractivity contribution in [2.75, 3.05) is 0 Å². The van der Waals surface area contributed by atoms with Crippen LogP contribution in [0.15, 0.2) is 42.6 Å². The van der Waals surface area contributed by atoms with Crippen LogP contribution in [-0.4, -0.2) is 15.9 Å². The Hall–Kier alpha value is -2.47. The molecular formula is C13H11N3O2S. The molecule has 1 heterocycles. The third-order valence-electron chi connectivity index (χ3n) is 2.39. The maximum atomic E-state index is 11.3. The Kier molecular flexibility index (Phi) is 3.72. The molecule has 1 aromatic carbocycles. The van der Waals surface area contributed by atoms with Gasteiger partial charge in [0.05, 0.1) is 5.56 Å². The van der Waals surface area contributed by atoms with Gasteiger partial charge >= 0.3 is 0 Å². The molecule has 0 saturated heterocycles. The summed E-state index contributed by atoms with van der Waals surface area (Å²) in [7, 11) is 0. The largest absolute Gasteiger partial charge is 0.438 e. The fraction of sp³-hybridized carbons (Fsp3) is 0. The molecule has 1 amide bonds. The van der Waals surface area contributed by atoms with Gasteiger partial charge in [-0.15, -0.1) is 0 Å². The van der Waals surface area contributed by atoms with Gasteiger partial charge in [-0.25, -0.2) is 4.98 Å². The molecule has 0 unspecified atom stereocenters. The second-order valence-electron chi connectivity index (χ2n) is 3.71. The van der Waals surface area contributed by atoms with Crippen LogP contribution in [0.2, 0.25) is 0 Å². The van der Waals surface area contributed by atoms with Gasteiger partial charge in [0, 0.05) is 17.8 Å². The minimum absolute atomic E-state index is 0.246. The number of nitrogens with zero attached hydrogens (tertiary/aromatic N) is 1. The molecule has 5 nitrogen and oxygen atoms in total. The zero-order valence-corrected chi connectivity index (χ0v) is 10.7. The number of amides is 1. The van der Waals surface area contributed by atoms with E-state index >= 15 is 0 Å². The fourth-order valence-electron chi connectivity index (χ4n) is 1.49. The van der Waals surface area contributed by atoms with Gasteiger partial charge in [0.1, 0.15) is 10.7 Å². The van der Waals surface area contributed by atoms with Crippen molar-refractivity contribution >= 4 is 23.1 Å². The molecule has 0 aliphatic heterocycles. The summed E-state index contributed by atoms with van der Waals surface area (Å²) in [6.07, 6.45) is 1.52. The number of benzene rings is 1. The SMILES string of the molecule is NC(=O)c1ccccc1Oc1cc(C(N)=S)ccn1. The van der Waals surface area contributed by atoms with Crippen LogP contribution in [0.25, 0.3) is 0 Å². The van der Waals surface area contributed by atoms with E-state index in [1.807, 2.05) is 0 Å². The second kappa shape index (κ2) is 5.45. The maximum Gasteiger partial charge on any atom is 0.252 e. The Morgan fingerprint density at radius 3 is 2.63 bits per heavy atom. The first-order valence-corrected chi connectivity index (χ1v) is 5.81. The summed E-state index contributed by atoms with van der Waals surface area (Å²) in [6, 6.07) is 9.92. The summed E-state index contributed by atoms with van der Waals surface area (Å²) in [5.41, 5.74) is 11.7. The van der Waals surface area contributed by atoms with E-state index in [-0.39, 0.29) is 10.6 Å². The van der Waals surface area contributed by atoms with Crippen molar-refractivity contribution in [2.24, 2.45) is 11.5 Å². The molecule has 2 aromatic rings. The van der Waals surface area contributed by atoms with Gasteiger partial charge in [0.2, 0.25) is 5.88 Å². The average Bonchev–Trinajstić information content (AvgIpc) is 2.39. The highest BCUT2D eigenvalue weighted by Crippen LogP contribution is 2.23. The highest BCUT2D eigenvalue weighted by atomic mass is 32.1. The first-order valence-electron chi connectivity index (χ1n) is 5.40. The predicted molar refractivity (Wildman–Crippen MR) is 75.2 cm³/mol. The molecular weight excluding hydrogens is 262 g/mol. The van der Waals surface area contributed by atoms with Crippen LogP contribution >= 0.6 is 12.2 Å². The summed E-state index contributed by atoms with van der Waals surface area (Å²) in [5.74, 6) is 0.0580. The Morgan fingerprint density at radius 2 is 1.95 bits per heavy atom. The molecule has 0 radical (unpaired) electrons. The van der Waals surface area contributed by atoms with Gasteiger partial charge in [0.25, 0.3) is 5.91 Å². The van der Waals surface area contributed by atoms with E-state index in [1.165, 1.54) is 6.20 Å². The quantitative estimate of drug-likeness (QED) is 0.826. The van der Waals surface area contributed by atoms with Crippen LogP contribution in [0.4, 0.5) is 0 Å². The van der Waals surface area contributed by atoms with Crippen LogP contribution in [0.1, 0.15) is 15.9 Å². The van der Waals surface area contributed by atoms with E-state index < -0.39 is 5.91 Å². The van der Waals surface area contributed by atoms with E-state index in [4.69, 9.17) is 28.4 Å². The van der Waals surface area contributed by atoms with Crippen LogP contribution in [-0.2, 0) is 0 Å². The van der Waals surface area contributed by atoms with Crippen molar-refractivity contribution in [3.63, 3.8) is 0 Å². The smallest absolute Gasteiger partial charge is 0.252 e. The van der Waals surface area contributed by atoms with Crippen molar-refractivity contribution in [1.82, 2.24) is 4.98 Å². The van der Waals surface area contributed by atoms with Crippen LogP contribution in [0, 0.1) is 0 Å². The van der Waals surface area contributed by atoms with E-state index in [0.717, 1.165) is 0 Å². The van der Waals surface area contributed by atoms with Gasteiger partial charge in [-0.1, -0.05) is 24.4 Å². The Balaban J connectivity index is 2.34. The van der Waals surface area contributed by atoms with Crippen molar-refractivity contribution in [1.29, 1.82) is 0 Å². The van der Waals surface area contributed by atoms with Gasteiger partial charge in [-0.05, 0) is 18.2 Å². The third-order valence-corrected chi connectivity index (χ3v) is 2.62. The molecule has 96 valence electrons. The Labute approximate surface area is 115 Å². The molecule has 0 spiro atoms. The number of rotatable bonds is 4. The molecule has 0 atom stereocenters. The summed E-state index contributed by atoms with van der Waals surface area (Å²) >= 11 is 4.87. The summed E-state index contributed by atoms with van der Waals surface area (Å²) in [6.45, 7) is 0. The zero-order chi connectivity index (χ0) is 13.8. The third kappa shape index (κ3) is 3.05. The monoisotopic (exact) mass is 273 g/mol. The molecule has 1 aromatic heterocycles. The van der Waals surface area contributed by atoms with Crippen molar-refractivity contribution < 1.29 is 9.53 Å². The standard InChI is InChI=1S/C13H11N3O2S/c14-12(17)9-3-1-2-4-10(9)18-11-7-8(13(15)19)5-6-16-11/h1-7H,(H2,14,17)(H2,15,19). The minimum atomic E-state index is -0.568. The minimum Gasteiger partial charge on any atom is -0.438 e. The highest BCUT2D eigenvalue weighted by Gasteiger charge is 2.10. The van der Waals surface area contributed by atoms with E-state index in [9.17, 15) is 4.79 Å². The first kappa shape index (κ1) is 13.0. The van der Waals surface area contributed by atoms with Crippen LogP contribution < -0.4 is 16.2 Å². The average molecular weight is 273 g/mol. The van der Waals surface area contributed by atoms with Gasteiger partial charge in [-0.2, -0.15) is 0 Å². The molecule has 0 aliphatic carbocycles. The maximum absolute atomic E-state index is 11.3. The number of thiocarbonyl (C=S) groups is 1. The van der Waals surface area contributed by atoms with Crippen molar-refractivity contribution in [2.45, 2.75) is 0 Å². The lowest BCUT2D eigenvalue weighted by Crippen LogP contribution is -2.12. The zero-order valence-electron chi connectivity index (χ0n) is 9.87. The lowest BCUT2D eigenvalue weighted by molar-refractivity contribution is 0.0998. The Bertz CT molecular complexity index is 643. The van der Waals surface area contributed by atoms with Crippen molar-refractivity contribution in [3.8, 4) is 11.6 Å². The van der Waals surface area contributed by atoms with Gasteiger partial charge in [0.15, 0.2) is 0 Å². The second-order valence-corrected chi connectivity index (χ2v) is 4.15. The number of nitrogens with two attached hydrogens (primary N) is 2. The highest BCUT2D eigenvalue weighted by molar-refractivity contribution is 7.80. The molecule has 6 heteroatoms. The lowest BCUT2D eigenvalue weighted by Gasteiger charge is -2.08. The number of carbonyl (C=O) groups excluding carboxylic acids is 1. The number of pyridine rings is 1. The van der Waals surface area contributed by atoms with Gasteiger partial charge in [-0.3, -0.25) is 4.79 Å². The summed E-state index contributed by atoms with van der Waals surface area (Å²) in [4.78, 5) is 15.5. The van der Waals surface area contributed by atoms with E-state index in [2.05, 4.69) is 4.98 Å². The molecule has 4 N–H and O–H groups in total. The number of hydrogen-bond acceptors (Lipinski definition) is 4. The number of para-hydroxylation sites is 1. The number of aromatic nitrogens is 1. The van der Waals surface area contributed by atoms with Gasteiger partial charge < -0.3 is 16.2 Å². The normalized spacial score (nSPS) is 9.89. The topological polar surface area (TPSA) is 91.2 Å². The number of hydrogen-bond donors (Lipinski definition) is 2. The van der Waals surface area contributed by atoms with E-state index in [1.54, 1.807) is 36.4 Å². The van der Waals surface area contributed by atoms with Crippen LogP contribution in [0.5, 0.6) is 11.6 Å². The first-order chi connectivity index (χ1) is 9.08. The Morgan fingerprint density at radius 1 is 1.21 bits per heavy atom. The molecule has 0 fully saturated rings. The fourth-order valence-corrected chi connectivity index (χ4v) is 1.62. The van der Waals surface area contributed by atoms with Crippen molar-refractivity contribution in [3.05, 3.63) is 53.7 Å². The molecule has 19 heavy (non-hydrogen) atoms. The molecule has 0 aliphatic rings. The number of primary amides is 1. The molecule has 0 bridgehead atoms. The lowest BCUT2D eigenvalue weighted by atomic mass is 10.2.